The number of hydrogen-bond donors (Lipinski definition) is 7. The van der Waals surface area contributed by atoms with Gasteiger partial charge in [-0.05, 0) is 131 Å². The van der Waals surface area contributed by atoms with Crippen molar-refractivity contribution < 1.29 is 5.11 Å². The molecule has 11 nitrogen and oxygen atoms in total. The number of fused-ring (bicyclic) bond motifs is 3. The highest BCUT2D eigenvalue weighted by Gasteiger charge is 2.14. The number of para-hydroxylation sites is 3. The number of nitrogens with two attached hydrogens (primary N) is 6. The van der Waals surface area contributed by atoms with Crippen LogP contribution in [0, 0.1) is 20.8 Å². The van der Waals surface area contributed by atoms with Crippen LogP contribution in [0.15, 0.2) is 170 Å². The third-order valence-corrected chi connectivity index (χ3v) is 8.74. The first-order chi connectivity index (χ1) is 29.1. The average Bonchev–Trinajstić information content (AvgIpc) is 3.23. The fraction of sp³-hybridized carbons (Fsp3) is 0.120. The molecule has 0 unspecified atom stereocenters. The molecule has 0 aliphatic rings. The van der Waals surface area contributed by atoms with Gasteiger partial charge in [-0.25, -0.2) is 0 Å². The smallest absolute Gasteiger partial charge is 0.0950 e. The molecule has 0 bridgehead atoms. The summed E-state index contributed by atoms with van der Waals surface area (Å²) in [5.41, 5.74) is 43.8. The maximum atomic E-state index is 9.54. The van der Waals surface area contributed by atoms with Crippen molar-refractivity contribution in [3.05, 3.63) is 193 Å². The van der Waals surface area contributed by atoms with E-state index in [4.69, 9.17) is 34.4 Å². The van der Waals surface area contributed by atoms with E-state index in [0.717, 1.165) is 89.5 Å². The normalized spacial score (nSPS) is 10.2. The minimum Gasteiger partial charge on any atom is -0.399 e. The van der Waals surface area contributed by atoms with Gasteiger partial charge in [0.1, 0.15) is 0 Å². The van der Waals surface area contributed by atoms with Gasteiger partial charge in [0.15, 0.2) is 0 Å². The standard InChI is InChI=1S/2C10H10N2.C9H9N3.C9H13NO.2C6H7N/c1-7-2-3-8-6-9(11)4-5-10(8)12-7;1-7-5-6-8-3-2-4-9(11)10(8)12-7;1-6-5-7-8(10)3-2-4-9(7)12-11-6;1-9(2,11)7-3-5-8(10)6-4-7;2*7-6-4-2-1-3-5-6/h2*2-6H,11H2,1H3;2-5H,10H2,1H3;3-6,11H,10H2,1-2H3;2*1-5H,7H2. The van der Waals surface area contributed by atoms with Gasteiger partial charge in [-0.1, -0.05) is 78.9 Å². The van der Waals surface area contributed by atoms with Gasteiger partial charge in [0.25, 0.3) is 0 Å². The first-order valence-corrected chi connectivity index (χ1v) is 19.5. The maximum absolute atomic E-state index is 9.54. The Morgan fingerprint density at radius 3 is 1.51 bits per heavy atom. The fourth-order valence-corrected chi connectivity index (χ4v) is 5.50. The fourth-order valence-electron chi connectivity index (χ4n) is 5.50. The summed E-state index contributed by atoms with van der Waals surface area (Å²) in [6, 6.07) is 53.4. The topological polar surface area (TPSA) is 228 Å². The summed E-state index contributed by atoms with van der Waals surface area (Å²) in [6.07, 6.45) is 0. The lowest BCUT2D eigenvalue weighted by molar-refractivity contribution is 0.0786. The molecule has 0 aliphatic heterocycles. The largest absolute Gasteiger partial charge is 0.399 e. The molecule has 0 radical (unpaired) electrons. The second kappa shape index (κ2) is 22.4. The van der Waals surface area contributed by atoms with Crippen molar-refractivity contribution >= 4 is 66.8 Å². The van der Waals surface area contributed by atoms with E-state index in [1.165, 1.54) is 0 Å². The molecule has 0 fully saturated rings. The third kappa shape index (κ3) is 15.5. The molecule has 9 aromatic rings. The number of aliphatic hydroxyl groups is 1. The van der Waals surface area contributed by atoms with E-state index in [0.29, 0.717) is 0 Å². The number of nitrogen functional groups attached to an aromatic ring is 6. The highest BCUT2D eigenvalue weighted by molar-refractivity contribution is 5.90. The van der Waals surface area contributed by atoms with Crippen molar-refractivity contribution in [1.82, 2.24) is 20.2 Å². The Morgan fingerprint density at radius 1 is 0.410 bits per heavy atom. The van der Waals surface area contributed by atoms with Gasteiger partial charge in [0.05, 0.1) is 33.5 Å². The molecular weight excluding hydrogens is 757 g/mol. The molecule has 0 saturated carbocycles. The number of anilines is 6. The number of aryl methyl sites for hydroxylation is 3. The second-order valence-corrected chi connectivity index (χ2v) is 14.5. The maximum Gasteiger partial charge on any atom is 0.0950 e. The van der Waals surface area contributed by atoms with Crippen LogP contribution < -0.4 is 34.4 Å². The Balaban J connectivity index is 0.000000163. The van der Waals surface area contributed by atoms with Crippen molar-refractivity contribution in [1.29, 1.82) is 0 Å². The number of pyridine rings is 2. The Kier molecular flexibility index (Phi) is 16.9. The molecule has 0 amide bonds. The van der Waals surface area contributed by atoms with Crippen molar-refractivity contribution in [2.75, 3.05) is 34.4 Å². The molecule has 312 valence electrons. The summed E-state index contributed by atoms with van der Waals surface area (Å²) in [5, 5.41) is 20.7. The van der Waals surface area contributed by atoms with Gasteiger partial charge in [-0.15, -0.1) is 0 Å². The Labute approximate surface area is 358 Å². The van der Waals surface area contributed by atoms with Crippen LogP contribution in [0.25, 0.3) is 32.7 Å². The van der Waals surface area contributed by atoms with Crippen LogP contribution in [-0.4, -0.2) is 25.3 Å². The molecule has 61 heavy (non-hydrogen) atoms. The lowest BCUT2D eigenvalue weighted by atomic mass is 9.98. The second-order valence-electron chi connectivity index (χ2n) is 14.5. The van der Waals surface area contributed by atoms with E-state index < -0.39 is 5.60 Å². The SMILES string of the molecule is CC(C)(O)c1ccc(N)cc1.Cc1cc2c(N)cccc2nn1.Cc1ccc2cc(N)ccc2n1.Cc1ccc2cccc(N)c2n1.Nc1ccccc1.Nc1ccccc1. The summed E-state index contributed by atoms with van der Waals surface area (Å²) < 4.78 is 0. The first-order valence-electron chi connectivity index (χ1n) is 19.5. The summed E-state index contributed by atoms with van der Waals surface area (Å²) in [7, 11) is 0. The zero-order valence-corrected chi connectivity index (χ0v) is 35.4. The Morgan fingerprint density at radius 2 is 0.934 bits per heavy atom. The number of hydrogen-bond acceptors (Lipinski definition) is 11. The highest BCUT2D eigenvalue weighted by Crippen LogP contribution is 2.21. The van der Waals surface area contributed by atoms with Gasteiger partial charge in [0.2, 0.25) is 0 Å². The van der Waals surface area contributed by atoms with E-state index in [1.807, 2.05) is 178 Å². The predicted octanol–water partition coefficient (Wildman–Crippen LogP) is 9.81. The van der Waals surface area contributed by atoms with Crippen LogP contribution in [0.2, 0.25) is 0 Å². The van der Waals surface area contributed by atoms with Crippen LogP contribution >= 0.6 is 0 Å². The summed E-state index contributed by atoms with van der Waals surface area (Å²) in [4.78, 5) is 8.71. The van der Waals surface area contributed by atoms with Crippen LogP contribution in [0.3, 0.4) is 0 Å². The van der Waals surface area contributed by atoms with Crippen LogP contribution in [-0.2, 0) is 5.60 Å². The van der Waals surface area contributed by atoms with Crippen molar-refractivity contribution in [3.63, 3.8) is 0 Å². The molecule has 0 aliphatic carbocycles. The zero-order valence-electron chi connectivity index (χ0n) is 35.4. The van der Waals surface area contributed by atoms with Gasteiger partial charge < -0.3 is 39.5 Å². The molecule has 0 atom stereocenters. The average molecular weight is 813 g/mol. The molecule has 3 heterocycles. The minimum atomic E-state index is -0.770. The van der Waals surface area contributed by atoms with Crippen LogP contribution in [0.4, 0.5) is 34.1 Å². The number of aromatic nitrogens is 4. The van der Waals surface area contributed by atoms with E-state index in [2.05, 4.69) is 20.2 Å². The predicted molar refractivity (Wildman–Crippen MR) is 258 cm³/mol. The summed E-state index contributed by atoms with van der Waals surface area (Å²) in [6.45, 7) is 9.34. The van der Waals surface area contributed by atoms with Gasteiger partial charge in [-0.2, -0.15) is 10.2 Å². The minimum absolute atomic E-state index is 0.720. The molecule has 3 aromatic heterocycles. The van der Waals surface area contributed by atoms with E-state index in [1.54, 1.807) is 26.0 Å². The lowest BCUT2D eigenvalue weighted by Gasteiger charge is -2.17. The Bertz CT molecular complexity index is 2550. The monoisotopic (exact) mass is 812 g/mol. The van der Waals surface area contributed by atoms with Gasteiger partial charge in [0, 0.05) is 56.0 Å². The van der Waals surface area contributed by atoms with Crippen LogP contribution in [0.5, 0.6) is 0 Å². The summed E-state index contributed by atoms with van der Waals surface area (Å²) in [5.74, 6) is 0. The van der Waals surface area contributed by atoms with Crippen LogP contribution in [0.1, 0.15) is 36.5 Å². The lowest BCUT2D eigenvalue weighted by Crippen LogP contribution is -2.14. The van der Waals surface area contributed by atoms with E-state index in [-0.39, 0.29) is 0 Å². The summed E-state index contributed by atoms with van der Waals surface area (Å²) >= 11 is 0. The molecule has 0 saturated heterocycles. The molecule has 13 N–H and O–H groups in total. The Hall–Kier alpha value is -7.76. The van der Waals surface area contributed by atoms with Crippen molar-refractivity contribution in [2.45, 2.75) is 40.2 Å². The van der Waals surface area contributed by atoms with E-state index >= 15 is 0 Å². The highest BCUT2D eigenvalue weighted by atomic mass is 16.3. The van der Waals surface area contributed by atoms with Crippen molar-refractivity contribution in [2.24, 2.45) is 0 Å². The molecular formula is C50H56N10O. The van der Waals surface area contributed by atoms with E-state index in [9.17, 15) is 5.11 Å². The molecule has 11 heteroatoms. The number of benzene rings is 6. The molecule has 6 aromatic carbocycles. The number of nitrogens with zero attached hydrogens (tertiary/aromatic N) is 4. The first kappa shape index (κ1) is 45.9. The van der Waals surface area contributed by atoms with Gasteiger partial charge in [-0.3, -0.25) is 9.97 Å². The third-order valence-electron chi connectivity index (χ3n) is 8.74. The quantitative estimate of drug-likeness (QED) is 0.0772. The van der Waals surface area contributed by atoms with Gasteiger partial charge >= 0.3 is 0 Å². The zero-order chi connectivity index (χ0) is 44.4. The molecule has 0 spiro atoms. The molecule has 9 rings (SSSR count). The van der Waals surface area contributed by atoms with Crippen molar-refractivity contribution in [3.8, 4) is 0 Å². The number of rotatable bonds is 1.